The number of aromatic nitrogens is 2. The van der Waals surface area contributed by atoms with Gasteiger partial charge < -0.3 is 10.2 Å². The molecular weight excluding hydrogens is 192 g/mol. The fourth-order valence-electron chi connectivity index (χ4n) is 1.18. The first-order chi connectivity index (χ1) is 7.34. The van der Waals surface area contributed by atoms with Gasteiger partial charge in [0.15, 0.2) is 6.10 Å². The monoisotopic (exact) mass is 206 g/mol. The molecule has 0 aromatic carbocycles. The number of hydrogen-bond acceptors (Lipinski definition) is 5. The van der Waals surface area contributed by atoms with Gasteiger partial charge >= 0.3 is 0 Å². The summed E-state index contributed by atoms with van der Waals surface area (Å²) < 4.78 is 0. The molecule has 1 aromatic heterocycles. The Morgan fingerprint density at radius 2 is 2.27 bits per heavy atom. The maximum atomic E-state index is 5.28. The smallest absolute Gasteiger partial charge is 0.152 e. The molecule has 2 heterocycles. The summed E-state index contributed by atoms with van der Waals surface area (Å²) in [7, 11) is 0. The Hall–Kier alpha value is -1.49. The van der Waals surface area contributed by atoms with E-state index in [1.165, 1.54) is 0 Å². The van der Waals surface area contributed by atoms with Crippen molar-refractivity contribution in [3.05, 3.63) is 24.3 Å². The Bertz CT molecular complexity index is 335. The van der Waals surface area contributed by atoms with Gasteiger partial charge in [0.05, 0.1) is 5.71 Å². The number of hydrogen-bond donors (Lipinski definition) is 1. The summed E-state index contributed by atoms with van der Waals surface area (Å²) in [5, 5.41) is 7.15. The molecule has 1 aromatic rings. The molecule has 1 fully saturated rings. The number of oxime groups is 1. The van der Waals surface area contributed by atoms with Crippen LogP contribution in [0.5, 0.6) is 0 Å². The molecule has 0 spiro atoms. The second kappa shape index (κ2) is 4.84. The third kappa shape index (κ3) is 2.99. The lowest BCUT2D eigenvalue weighted by molar-refractivity contribution is 0.0227. The molecule has 1 aliphatic heterocycles. The van der Waals surface area contributed by atoms with Crippen molar-refractivity contribution in [2.24, 2.45) is 5.16 Å². The van der Waals surface area contributed by atoms with Crippen LogP contribution in [0.4, 0.5) is 0 Å². The summed E-state index contributed by atoms with van der Waals surface area (Å²) in [5.74, 6) is 0.772. The predicted molar refractivity (Wildman–Crippen MR) is 56.6 cm³/mol. The third-order valence-corrected chi connectivity index (χ3v) is 2.13. The second-order valence-electron chi connectivity index (χ2n) is 3.55. The highest BCUT2D eigenvalue weighted by Crippen LogP contribution is 2.00. The zero-order chi connectivity index (χ0) is 10.5. The van der Waals surface area contributed by atoms with Crippen molar-refractivity contribution < 1.29 is 4.84 Å². The molecular formula is C10H14N4O. The fraction of sp³-hybridized carbons (Fsp3) is 0.500. The predicted octanol–water partition coefficient (Wildman–Crippen LogP) is 0.383. The number of nitrogens with zero attached hydrogens (tertiary/aromatic N) is 3. The van der Waals surface area contributed by atoms with Crippen LogP contribution in [-0.4, -0.2) is 34.9 Å². The highest BCUT2D eigenvalue weighted by molar-refractivity contribution is 5.82. The van der Waals surface area contributed by atoms with Crippen molar-refractivity contribution >= 4 is 5.71 Å². The van der Waals surface area contributed by atoms with E-state index in [-0.39, 0.29) is 6.10 Å². The molecule has 15 heavy (non-hydrogen) atoms. The van der Waals surface area contributed by atoms with Crippen molar-refractivity contribution in [3.8, 4) is 0 Å². The average Bonchev–Trinajstić information content (AvgIpc) is 2.17. The lowest BCUT2D eigenvalue weighted by Gasteiger charge is -2.24. The van der Waals surface area contributed by atoms with Gasteiger partial charge in [0.2, 0.25) is 0 Å². The third-order valence-electron chi connectivity index (χ3n) is 2.13. The fourth-order valence-corrected chi connectivity index (χ4v) is 1.18. The van der Waals surface area contributed by atoms with E-state index in [1.807, 2.05) is 6.92 Å². The SMILES string of the molecule is CC(Cc1ncccn1)=NOC1CNC1. The zero-order valence-corrected chi connectivity index (χ0v) is 8.68. The molecule has 0 aliphatic carbocycles. The summed E-state index contributed by atoms with van der Waals surface area (Å²) in [4.78, 5) is 13.5. The minimum Gasteiger partial charge on any atom is -0.390 e. The quantitative estimate of drug-likeness (QED) is 0.571. The molecule has 0 saturated carbocycles. The molecule has 1 N–H and O–H groups in total. The highest BCUT2D eigenvalue weighted by Gasteiger charge is 2.17. The van der Waals surface area contributed by atoms with Crippen LogP contribution < -0.4 is 5.32 Å². The first-order valence-corrected chi connectivity index (χ1v) is 5.00. The largest absolute Gasteiger partial charge is 0.390 e. The zero-order valence-electron chi connectivity index (χ0n) is 8.68. The van der Waals surface area contributed by atoms with Gasteiger partial charge in [-0.2, -0.15) is 0 Å². The molecule has 0 amide bonds. The molecule has 5 heteroatoms. The van der Waals surface area contributed by atoms with Gasteiger partial charge in [-0.1, -0.05) is 5.16 Å². The van der Waals surface area contributed by atoms with Gasteiger partial charge in [-0.3, -0.25) is 0 Å². The Labute approximate surface area is 88.6 Å². The van der Waals surface area contributed by atoms with Crippen LogP contribution in [0.3, 0.4) is 0 Å². The standard InChI is InChI=1S/C10H14N4O/c1-8(14-15-9-6-11-7-9)5-10-12-3-2-4-13-10/h2-4,9,11H,5-7H2,1H3. The Morgan fingerprint density at radius 3 is 2.87 bits per heavy atom. The summed E-state index contributed by atoms with van der Waals surface area (Å²) in [6.07, 6.45) is 4.33. The van der Waals surface area contributed by atoms with Crippen molar-refractivity contribution in [3.63, 3.8) is 0 Å². The Morgan fingerprint density at radius 1 is 1.53 bits per heavy atom. The number of nitrogens with one attached hydrogen (secondary N) is 1. The van der Waals surface area contributed by atoms with Crippen LogP contribution >= 0.6 is 0 Å². The first kappa shape index (κ1) is 10.0. The van der Waals surface area contributed by atoms with E-state index in [0.29, 0.717) is 6.42 Å². The maximum absolute atomic E-state index is 5.28. The minimum absolute atomic E-state index is 0.233. The summed E-state index contributed by atoms with van der Waals surface area (Å²) in [6.45, 7) is 3.69. The van der Waals surface area contributed by atoms with Crippen LogP contribution in [0.2, 0.25) is 0 Å². The van der Waals surface area contributed by atoms with E-state index in [2.05, 4.69) is 20.4 Å². The molecule has 0 radical (unpaired) electrons. The Balaban J connectivity index is 1.82. The van der Waals surface area contributed by atoms with Crippen molar-refractivity contribution in [1.29, 1.82) is 0 Å². The van der Waals surface area contributed by atoms with Gasteiger partial charge in [0.25, 0.3) is 0 Å². The summed E-state index contributed by atoms with van der Waals surface area (Å²) in [6, 6.07) is 1.80. The normalized spacial score (nSPS) is 17.3. The van der Waals surface area contributed by atoms with E-state index in [4.69, 9.17) is 4.84 Å². The van der Waals surface area contributed by atoms with Gasteiger partial charge in [-0.05, 0) is 13.0 Å². The molecule has 0 atom stereocenters. The van der Waals surface area contributed by atoms with E-state index in [1.54, 1.807) is 18.5 Å². The molecule has 80 valence electrons. The topological polar surface area (TPSA) is 59.4 Å². The van der Waals surface area contributed by atoms with E-state index >= 15 is 0 Å². The molecule has 5 nitrogen and oxygen atoms in total. The summed E-state index contributed by atoms with van der Waals surface area (Å²) >= 11 is 0. The van der Waals surface area contributed by atoms with E-state index in [9.17, 15) is 0 Å². The lowest BCUT2D eigenvalue weighted by atomic mass is 10.2. The molecule has 1 saturated heterocycles. The van der Waals surface area contributed by atoms with Gasteiger partial charge in [0.1, 0.15) is 5.82 Å². The van der Waals surface area contributed by atoms with Crippen molar-refractivity contribution in [1.82, 2.24) is 15.3 Å². The number of rotatable bonds is 4. The molecule has 2 rings (SSSR count). The van der Waals surface area contributed by atoms with Crippen LogP contribution in [0.25, 0.3) is 0 Å². The minimum atomic E-state index is 0.233. The second-order valence-corrected chi connectivity index (χ2v) is 3.55. The van der Waals surface area contributed by atoms with Crippen LogP contribution in [0, 0.1) is 0 Å². The highest BCUT2D eigenvalue weighted by atomic mass is 16.6. The summed E-state index contributed by atoms with van der Waals surface area (Å²) in [5.41, 5.74) is 0.896. The van der Waals surface area contributed by atoms with Crippen LogP contribution in [0.1, 0.15) is 12.7 Å². The lowest BCUT2D eigenvalue weighted by Crippen LogP contribution is -2.47. The van der Waals surface area contributed by atoms with E-state index in [0.717, 1.165) is 24.6 Å². The van der Waals surface area contributed by atoms with Crippen LogP contribution in [0.15, 0.2) is 23.6 Å². The van der Waals surface area contributed by atoms with Gasteiger partial charge in [0, 0.05) is 31.9 Å². The van der Waals surface area contributed by atoms with Crippen molar-refractivity contribution in [2.45, 2.75) is 19.4 Å². The average molecular weight is 206 g/mol. The van der Waals surface area contributed by atoms with Gasteiger partial charge in [-0.15, -0.1) is 0 Å². The Kier molecular flexibility index (Phi) is 3.24. The van der Waals surface area contributed by atoms with E-state index < -0.39 is 0 Å². The first-order valence-electron chi connectivity index (χ1n) is 5.00. The van der Waals surface area contributed by atoms with Crippen LogP contribution in [-0.2, 0) is 11.3 Å². The van der Waals surface area contributed by atoms with Gasteiger partial charge in [-0.25, -0.2) is 9.97 Å². The molecule has 1 aliphatic rings. The maximum Gasteiger partial charge on any atom is 0.152 e. The van der Waals surface area contributed by atoms with Crippen molar-refractivity contribution in [2.75, 3.05) is 13.1 Å². The molecule has 0 unspecified atom stereocenters. The molecule has 0 bridgehead atoms.